The molecule has 0 radical (unpaired) electrons. The van der Waals surface area contributed by atoms with Crippen molar-refractivity contribution in [1.82, 2.24) is 9.55 Å². The van der Waals surface area contributed by atoms with Gasteiger partial charge in [0.15, 0.2) is 0 Å². The van der Waals surface area contributed by atoms with Gasteiger partial charge in [-0.15, -0.1) is 0 Å². The van der Waals surface area contributed by atoms with Crippen LogP contribution in [0, 0.1) is 0 Å². The summed E-state index contributed by atoms with van der Waals surface area (Å²) in [5.41, 5.74) is 2.06. The Labute approximate surface area is 73.2 Å². The van der Waals surface area contributed by atoms with Gasteiger partial charge in [0.25, 0.3) is 0 Å². The summed E-state index contributed by atoms with van der Waals surface area (Å²) in [7, 11) is 1.97. The van der Waals surface area contributed by atoms with Gasteiger partial charge < -0.3 is 4.57 Å². The van der Waals surface area contributed by atoms with Crippen molar-refractivity contribution in [1.29, 1.82) is 0 Å². The van der Waals surface area contributed by atoms with E-state index in [0.717, 1.165) is 17.8 Å². The van der Waals surface area contributed by atoms with Crippen LogP contribution in [0.1, 0.15) is 24.7 Å². The lowest BCUT2D eigenvalue weighted by Crippen LogP contribution is -1.88. The molecule has 2 heteroatoms. The monoisotopic (exact) mass is 162 g/mol. The second-order valence-electron chi connectivity index (χ2n) is 2.64. The van der Waals surface area contributed by atoms with Crippen LogP contribution in [0.2, 0.25) is 0 Å². The fourth-order valence-corrected chi connectivity index (χ4v) is 1.06. The molecule has 0 unspecified atom stereocenters. The summed E-state index contributed by atoms with van der Waals surface area (Å²) >= 11 is 0. The fraction of sp³-hybridized carbons (Fsp3) is 0.300. The number of nitrogens with zero attached hydrogens (tertiary/aromatic N) is 2. The maximum absolute atomic E-state index is 4.23. The molecule has 1 aromatic rings. The van der Waals surface area contributed by atoms with Crippen molar-refractivity contribution in [2.45, 2.75) is 13.3 Å². The van der Waals surface area contributed by atoms with Crippen LogP contribution in [-0.2, 0) is 7.05 Å². The summed E-state index contributed by atoms with van der Waals surface area (Å²) in [6.07, 6.45) is 8.77. The van der Waals surface area contributed by atoms with Crippen molar-refractivity contribution < 1.29 is 0 Å². The molecule has 0 bridgehead atoms. The maximum Gasteiger partial charge on any atom is 0.0955 e. The van der Waals surface area contributed by atoms with Gasteiger partial charge in [-0.1, -0.05) is 19.6 Å². The van der Waals surface area contributed by atoms with Gasteiger partial charge in [0.2, 0.25) is 0 Å². The van der Waals surface area contributed by atoms with Crippen molar-refractivity contribution in [3.05, 3.63) is 30.4 Å². The van der Waals surface area contributed by atoms with E-state index < -0.39 is 0 Å². The van der Waals surface area contributed by atoms with Crippen molar-refractivity contribution >= 4 is 12.2 Å². The average molecular weight is 162 g/mol. The number of allylic oxidation sites excluding steroid dienone is 1. The van der Waals surface area contributed by atoms with Gasteiger partial charge in [0.05, 0.1) is 17.7 Å². The maximum atomic E-state index is 4.23. The summed E-state index contributed by atoms with van der Waals surface area (Å²) in [6, 6.07) is 0. The molecule has 1 heterocycles. The predicted molar refractivity (Wildman–Crippen MR) is 52.6 cm³/mol. The van der Waals surface area contributed by atoms with Gasteiger partial charge >= 0.3 is 0 Å². The van der Waals surface area contributed by atoms with E-state index in [1.807, 2.05) is 23.8 Å². The summed E-state index contributed by atoms with van der Waals surface area (Å²) in [6.45, 7) is 5.84. The van der Waals surface area contributed by atoms with E-state index in [1.54, 1.807) is 6.33 Å². The topological polar surface area (TPSA) is 17.8 Å². The molecule has 64 valence electrons. The molecule has 0 aromatic carbocycles. The zero-order chi connectivity index (χ0) is 8.97. The standard InChI is InChI=1S/C10H14N2/c1-4-6-7-9-10(5-2)12(3)8-11-9/h5-8H,2,4H2,1,3H3/b7-6-. The van der Waals surface area contributed by atoms with E-state index in [-0.39, 0.29) is 0 Å². The molecule has 0 aliphatic heterocycles. The number of hydrogen-bond acceptors (Lipinski definition) is 1. The third-order valence-corrected chi connectivity index (χ3v) is 1.72. The summed E-state index contributed by atoms with van der Waals surface area (Å²) in [4.78, 5) is 4.23. The molecule has 0 spiro atoms. The molecule has 1 rings (SSSR count). The van der Waals surface area contributed by atoms with Crippen LogP contribution in [0.4, 0.5) is 0 Å². The quantitative estimate of drug-likeness (QED) is 0.667. The van der Waals surface area contributed by atoms with Crippen LogP contribution in [0.25, 0.3) is 12.2 Å². The van der Waals surface area contributed by atoms with Crippen LogP contribution >= 0.6 is 0 Å². The Morgan fingerprint density at radius 2 is 2.42 bits per heavy atom. The molecule has 2 nitrogen and oxygen atoms in total. The molecule has 1 aromatic heterocycles. The first-order valence-corrected chi connectivity index (χ1v) is 4.10. The second-order valence-corrected chi connectivity index (χ2v) is 2.64. The van der Waals surface area contributed by atoms with Crippen LogP contribution in [0.15, 0.2) is 19.0 Å². The normalized spacial score (nSPS) is 10.8. The zero-order valence-corrected chi connectivity index (χ0v) is 7.62. The first-order chi connectivity index (χ1) is 5.79. The lowest BCUT2D eigenvalue weighted by atomic mass is 10.3. The number of imidazole rings is 1. The lowest BCUT2D eigenvalue weighted by Gasteiger charge is -1.94. The van der Waals surface area contributed by atoms with Crippen molar-refractivity contribution in [2.75, 3.05) is 0 Å². The molecular weight excluding hydrogens is 148 g/mol. The summed E-state index contributed by atoms with van der Waals surface area (Å²) < 4.78 is 1.96. The molecule has 0 N–H and O–H groups in total. The van der Waals surface area contributed by atoms with E-state index >= 15 is 0 Å². The van der Waals surface area contributed by atoms with Gasteiger partial charge in [0, 0.05) is 7.05 Å². The minimum atomic E-state index is 0.995. The Hall–Kier alpha value is -1.31. The molecule has 12 heavy (non-hydrogen) atoms. The molecule has 0 aliphatic carbocycles. The number of aromatic nitrogens is 2. The molecule has 0 saturated heterocycles. The van der Waals surface area contributed by atoms with Gasteiger partial charge in [-0.25, -0.2) is 4.98 Å². The molecular formula is C10H14N2. The second kappa shape index (κ2) is 3.90. The largest absolute Gasteiger partial charge is 0.334 e. The van der Waals surface area contributed by atoms with Crippen molar-refractivity contribution in [3.8, 4) is 0 Å². The summed E-state index contributed by atoms with van der Waals surface area (Å²) in [5, 5.41) is 0. The molecule has 0 saturated carbocycles. The van der Waals surface area contributed by atoms with Crippen LogP contribution in [0.3, 0.4) is 0 Å². The third-order valence-electron chi connectivity index (χ3n) is 1.72. The van der Waals surface area contributed by atoms with E-state index in [2.05, 4.69) is 24.6 Å². The van der Waals surface area contributed by atoms with Crippen LogP contribution in [0.5, 0.6) is 0 Å². The minimum Gasteiger partial charge on any atom is -0.334 e. The number of rotatable bonds is 3. The van der Waals surface area contributed by atoms with E-state index in [9.17, 15) is 0 Å². The first kappa shape index (κ1) is 8.78. The predicted octanol–water partition coefficient (Wildman–Crippen LogP) is 2.49. The minimum absolute atomic E-state index is 0.995. The van der Waals surface area contributed by atoms with E-state index in [4.69, 9.17) is 0 Å². The molecule has 0 fully saturated rings. The lowest BCUT2D eigenvalue weighted by molar-refractivity contribution is 0.902. The van der Waals surface area contributed by atoms with Crippen molar-refractivity contribution in [3.63, 3.8) is 0 Å². The molecule has 0 aliphatic rings. The number of aryl methyl sites for hydroxylation is 1. The van der Waals surface area contributed by atoms with Crippen LogP contribution in [-0.4, -0.2) is 9.55 Å². The highest BCUT2D eigenvalue weighted by atomic mass is 15.0. The highest BCUT2D eigenvalue weighted by Crippen LogP contribution is 2.09. The number of hydrogen-bond donors (Lipinski definition) is 0. The summed E-state index contributed by atoms with van der Waals surface area (Å²) in [5.74, 6) is 0. The highest BCUT2D eigenvalue weighted by molar-refractivity contribution is 5.58. The Balaban J connectivity index is 2.99. The third kappa shape index (κ3) is 1.64. The Kier molecular flexibility index (Phi) is 2.86. The molecule has 0 atom stereocenters. The van der Waals surface area contributed by atoms with Crippen LogP contribution < -0.4 is 0 Å². The van der Waals surface area contributed by atoms with E-state index in [0.29, 0.717) is 0 Å². The molecule has 0 amide bonds. The highest BCUT2D eigenvalue weighted by Gasteiger charge is 1.99. The van der Waals surface area contributed by atoms with Gasteiger partial charge in [-0.3, -0.25) is 0 Å². The van der Waals surface area contributed by atoms with Gasteiger partial charge in [-0.2, -0.15) is 0 Å². The Morgan fingerprint density at radius 3 is 3.00 bits per heavy atom. The Morgan fingerprint density at radius 1 is 1.67 bits per heavy atom. The zero-order valence-electron chi connectivity index (χ0n) is 7.62. The van der Waals surface area contributed by atoms with Crippen molar-refractivity contribution in [2.24, 2.45) is 7.05 Å². The van der Waals surface area contributed by atoms with Gasteiger partial charge in [0.1, 0.15) is 0 Å². The fourth-order valence-electron chi connectivity index (χ4n) is 1.06. The smallest absolute Gasteiger partial charge is 0.0955 e. The van der Waals surface area contributed by atoms with Gasteiger partial charge in [-0.05, 0) is 18.6 Å². The first-order valence-electron chi connectivity index (χ1n) is 4.10. The average Bonchev–Trinajstić information content (AvgIpc) is 2.43. The Bertz CT molecular complexity index is 295. The van der Waals surface area contributed by atoms with E-state index in [1.165, 1.54) is 0 Å². The SMILES string of the molecule is C=Cc1c(/C=C\CC)ncn1C.